The van der Waals surface area contributed by atoms with Gasteiger partial charge in [-0.1, -0.05) is 18.2 Å². The van der Waals surface area contributed by atoms with Gasteiger partial charge in [0.05, 0.1) is 13.7 Å². The van der Waals surface area contributed by atoms with Crippen LogP contribution in [0.25, 0.3) is 0 Å². The second-order valence-corrected chi connectivity index (χ2v) is 2.97. The Morgan fingerprint density at radius 1 is 1.43 bits per heavy atom. The molecule has 0 bridgehead atoms. The molecule has 0 atom stereocenters. The monoisotopic (exact) mass is 187 g/mol. The molecule has 71 valence electrons. The van der Waals surface area contributed by atoms with Crippen LogP contribution in [0.3, 0.4) is 0 Å². The largest absolute Gasteiger partial charge is 0.496 e. The van der Waals surface area contributed by atoms with Crippen molar-refractivity contribution in [3.05, 3.63) is 48.5 Å². The molecule has 0 unspecified atom stereocenters. The smallest absolute Gasteiger partial charge is 0.176 e. The van der Waals surface area contributed by atoms with Gasteiger partial charge in [-0.05, 0) is 6.07 Å². The average Bonchev–Trinajstić information content (AvgIpc) is 2.71. The third kappa shape index (κ3) is 1.76. The third-order valence-corrected chi connectivity index (χ3v) is 2.04. The maximum atomic E-state index is 5.25. The summed E-state index contributed by atoms with van der Waals surface area (Å²) < 4.78 is 7.13. The third-order valence-electron chi connectivity index (χ3n) is 2.04. The molecule has 0 aliphatic heterocycles. The van der Waals surface area contributed by atoms with Crippen LogP contribution in [0.2, 0.25) is 0 Å². The molecule has 1 aromatic heterocycles. The summed E-state index contributed by atoms with van der Waals surface area (Å²) in [4.78, 5) is 3.87. The van der Waals surface area contributed by atoms with Crippen molar-refractivity contribution in [3.8, 4) is 5.75 Å². The number of para-hydroxylation sites is 1. The maximum Gasteiger partial charge on any atom is 0.176 e. The molecule has 0 aliphatic carbocycles. The van der Waals surface area contributed by atoms with E-state index in [-0.39, 0.29) is 0 Å². The molecule has 14 heavy (non-hydrogen) atoms. The van der Waals surface area contributed by atoms with Gasteiger partial charge in [0.2, 0.25) is 0 Å². The predicted octanol–water partition coefficient (Wildman–Crippen LogP) is 1.74. The number of benzene rings is 1. The number of hydrogen-bond donors (Lipinski definition) is 0. The lowest BCUT2D eigenvalue weighted by molar-refractivity contribution is 0.408. The molecule has 0 N–H and O–H groups in total. The molecular formula is C11H11N2O. The molecule has 0 aliphatic rings. The van der Waals surface area contributed by atoms with Gasteiger partial charge in [-0.25, -0.2) is 4.98 Å². The number of imidazole rings is 1. The van der Waals surface area contributed by atoms with E-state index >= 15 is 0 Å². The molecule has 0 amide bonds. The highest BCUT2D eigenvalue weighted by molar-refractivity contribution is 5.33. The van der Waals surface area contributed by atoms with Crippen LogP contribution in [-0.4, -0.2) is 16.7 Å². The van der Waals surface area contributed by atoms with Crippen molar-refractivity contribution in [1.29, 1.82) is 0 Å². The van der Waals surface area contributed by atoms with Crippen molar-refractivity contribution in [1.82, 2.24) is 9.55 Å². The first-order chi connectivity index (χ1) is 6.90. The van der Waals surface area contributed by atoms with Crippen LogP contribution in [0.4, 0.5) is 0 Å². The van der Waals surface area contributed by atoms with Gasteiger partial charge in [0.15, 0.2) is 6.33 Å². The highest BCUT2D eigenvalue weighted by atomic mass is 16.5. The minimum Gasteiger partial charge on any atom is -0.496 e. The lowest BCUT2D eigenvalue weighted by atomic mass is 10.2. The van der Waals surface area contributed by atoms with Crippen molar-refractivity contribution in [2.24, 2.45) is 0 Å². The Morgan fingerprint density at radius 3 is 3.00 bits per heavy atom. The molecule has 0 saturated carbocycles. The van der Waals surface area contributed by atoms with Gasteiger partial charge in [0.1, 0.15) is 5.75 Å². The first kappa shape index (κ1) is 8.81. The maximum absolute atomic E-state index is 5.25. The van der Waals surface area contributed by atoms with Crippen molar-refractivity contribution in [2.45, 2.75) is 6.54 Å². The van der Waals surface area contributed by atoms with Crippen LogP contribution in [0.1, 0.15) is 5.56 Å². The lowest BCUT2D eigenvalue weighted by Gasteiger charge is -2.07. The van der Waals surface area contributed by atoms with Crippen molar-refractivity contribution < 1.29 is 4.74 Å². The van der Waals surface area contributed by atoms with Gasteiger partial charge in [0.25, 0.3) is 0 Å². The van der Waals surface area contributed by atoms with Gasteiger partial charge < -0.3 is 9.30 Å². The van der Waals surface area contributed by atoms with E-state index in [0.29, 0.717) is 0 Å². The Bertz CT molecular complexity index is 395. The summed E-state index contributed by atoms with van der Waals surface area (Å²) in [6.45, 7) is 0.740. The molecule has 2 aromatic rings. The van der Waals surface area contributed by atoms with E-state index in [4.69, 9.17) is 4.74 Å². The zero-order valence-corrected chi connectivity index (χ0v) is 7.97. The Labute approximate surface area is 83.0 Å². The summed E-state index contributed by atoms with van der Waals surface area (Å²) in [5.74, 6) is 0.898. The number of hydrogen-bond acceptors (Lipinski definition) is 2. The van der Waals surface area contributed by atoms with E-state index in [0.717, 1.165) is 17.9 Å². The van der Waals surface area contributed by atoms with E-state index in [1.807, 2.05) is 35.0 Å². The SMILES string of the molecule is COc1ccccc1Cn1[c]ncc1. The second-order valence-electron chi connectivity index (χ2n) is 2.97. The molecule has 2 rings (SSSR count). The van der Waals surface area contributed by atoms with Crippen LogP contribution in [0.5, 0.6) is 5.75 Å². The molecule has 0 spiro atoms. The minimum atomic E-state index is 0.740. The Hall–Kier alpha value is -1.77. The molecule has 0 saturated heterocycles. The Morgan fingerprint density at radius 2 is 2.29 bits per heavy atom. The molecule has 3 nitrogen and oxygen atoms in total. The van der Waals surface area contributed by atoms with E-state index in [9.17, 15) is 0 Å². The minimum absolute atomic E-state index is 0.740. The summed E-state index contributed by atoms with van der Waals surface area (Å²) in [5.41, 5.74) is 1.13. The highest BCUT2D eigenvalue weighted by Gasteiger charge is 2.01. The van der Waals surface area contributed by atoms with Crippen LogP contribution in [0, 0.1) is 6.33 Å². The standard InChI is InChI=1S/C11H11N2O/c1-14-11-5-3-2-4-10(11)8-13-7-6-12-9-13/h2-7H,8H2,1H3. The van der Waals surface area contributed by atoms with E-state index < -0.39 is 0 Å². The zero-order chi connectivity index (χ0) is 9.80. The number of methoxy groups -OCH3 is 1. The number of rotatable bonds is 3. The first-order valence-corrected chi connectivity index (χ1v) is 4.41. The normalized spacial score (nSPS) is 10.1. The zero-order valence-electron chi connectivity index (χ0n) is 7.97. The Kier molecular flexibility index (Phi) is 2.49. The lowest BCUT2D eigenvalue weighted by Crippen LogP contribution is -1.99. The highest BCUT2D eigenvalue weighted by Crippen LogP contribution is 2.17. The number of nitrogens with zero attached hydrogens (tertiary/aromatic N) is 2. The van der Waals surface area contributed by atoms with E-state index in [1.54, 1.807) is 13.3 Å². The van der Waals surface area contributed by atoms with Gasteiger partial charge in [-0.3, -0.25) is 0 Å². The van der Waals surface area contributed by atoms with Crippen LogP contribution in [0.15, 0.2) is 36.7 Å². The average molecular weight is 187 g/mol. The van der Waals surface area contributed by atoms with E-state index in [1.165, 1.54) is 0 Å². The van der Waals surface area contributed by atoms with Crippen LogP contribution in [-0.2, 0) is 6.54 Å². The van der Waals surface area contributed by atoms with Crippen molar-refractivity contribution in [2.75, 3.05) is 7.11 Å². The van der Waals surface area contributed by atoms with Gasteiger partial charge in [-0.2, -0.15) is 0 Å². The Balaban J connectivity index is 2.24. The molecule has 1 heterocycles. The van der Waals surface area contributed by atoms with Crippen LogP contribution < -0.4 is 4.74 Å². The molecule has 1 radical (unpaired) electrons. The summed E-state index contributed by atoms with van der Waals surface area (Å²) >= 11 is 0. The fraction of sp³-hybridized carbons (Fsp3) is 0.182. The van der Waals surface area contributed by atoms with Crippen molar-refractivity contribution >= 4 is 0 Å². The summed E-state index contributed by atoms with van der Waals surface area (Å²) in [6, 6.07) is 7.94. The topological polar surface area (TPSA) is 27.1 Å². The molecular weight excluding hydrogens is 176 g/mol. The fourth-order valence-corrected chi connectivity index (χ4v) is 1.36. The van der Waals surface area contributed by atoms with Crippen LogP contribution >= 0.6 is 0 Å². The fourth-order valence-electron chi connectivity index (χ4n) is 1.36. The second kappa shape index (κ2) is 3.96. The summed E-state index contributed by atoms with van der Waals surface area (Å²) in [5, 5.41) is 0. The number of aromatic nitrogens is 2. The molecule has 3 heteroatoms. The van der Waals surface area contributed by atoms with E-state index in [2.05, 4.69) is 11.3 Å². The number of ether oxygens (including phenoxy) is 1. The molecule has 1 aromatic carbocycles. The summed E-state index contributed by atoms with van der Waals surface area (Å²) in [6.07, 6.45) is 6.45. The van der Waals surface area contributed by atoms with Crippen molar-refractivity contribution in [3.63, 3.8) is 0 Å². The predicted molar refractivity (Wildman–Crippen MR) is 53.2 cm³/mol. The van der Waals surface area contributed by atoms with Gasteiger partial charge >= 0.3 is 0 Å². The quantitative estimate of drug-likeness (QED) is 0.731. The van der Waals surface area contributed by atoms with Gasteiger partial charge in [-0.15, -0.1) is 0 Å². The first-order valence-electron chi connectivity index (χ1n) is 4.41. The molecule has 0 fully saturated rings. The summed E-state index contributed by atoms with van der Waals surface area (Å²) in [7, 11) is 1.68. The van der Waals surface area contributed by atoms with Gasteiger partial charge in [0, 0.05) is 18.0 Å².